The zero-order chi connectivity index (χ0) is 46.1. The summed E-state index contributed by atoms with van der Waals surface area (Å²) in [5, 5.41) is 2.35. The van der Waals surface area contributed by atoms with E-state index < -0.39 is 0 Å². The number of hydrogen-bond acceptors (Lipinski definition) is 2. The summed E-state index contributed by atoms with van der Waals surface area (Å²) in [6.45, 7) is 4.70. The molecule has 2 aliphatic rings. The van der Waals surface area contributed by atoms with Crippen LogP contribution in [-0.2, 0) is 5.41 Å². The van der Waals surface area contributed by atoms with Gasteiger partial charge in [-0.25, -0.2) is 0 Å². The van der Waals surface area contributed by atoms with Gasteiger partial charge in [-0.1, -0.05) is 208 Å². The number of hydrogen-bond donors (Lipinski definition) is 0. The number of ether oxygens (including phenoxy) is 1. The number of benzene rings is 11. The second-order valence-corrected chi connectivity index (χ2v) is 18.9. The van der Waals surface area contributed by atoms with Crippen molar-refractivity contribution in [1.82, 2.24) is 0 Å². The van der Waals surface area contributed by atoms with Crippen LogP contribution in [0.5, 0.6) is 11.5 Å². The minimum atomic E-state index is -0.110. The lowest BCUT2D eigenvalue weighted by Gasteiger charge is -2.28. The van der Waals surface area contributed by atoms with Crippen molar-refractivity contribution in [3.8, 4) is 89.4 Å². The van der Waals surface area contributed by atoms with Crippen LogP contribution in [0, 0.1) is 0 Å². The number of nitrogens with zero attached hydrogens (tertiary/aromatic N) is 1. The van der Waals surface area contributed by atoms with E-state index in [1.807, 2.05) is 0 Å². The average molecular weight is 882 g/mol. The quantitative estimate of drug-likeness (QED) is 0.158. The van der Waals surface area contributed by atoms with Gasteiger partial charge in [-0.15, -0.1) is 0 Å². The van der Waals surface area contributed by atoms with E-state index in [-0.39, 0.29) is 5.41 Å². The predicted molar refractivity (Wildman–Crippen MR) is 289 cm³/mol. The lowest BCUT2D eigenvalue weighted by atomic mass is 9.82. The highest BCUT2D eigenvalue weighted by Gasteiger charge is 2.36. The Morgan fingerprint density at radius 2 is 0.768 bits per heavy atom. The largest absolute Gasteiger partial charge is 0.455 e. The summed E-state index contributed by atoms with van der Waals surface area (Å²) in [5.74, 6) is 1.73. The van der Waals surface area contributed by atoms with E-state index >= 15 is 0 Å². The molecule has 0 fully saturated rings. The van der Waals surface area contributed by atoms with E-state index in [1.54, 1.807) is 0 Å². The van der Waals surface area contributed by atoms with E-state index in [0.29, 0.717) is 0 Å². The molecule has 0 saturated carbocycles. The maximum Gasteiger partial charge on any atom is 0.143 e. The van der Waals surface area contributed by atoms with Crippen LogP contribution in [0.3, 0.4) is 0 Å². The summed E-state index contributed by atoms with van der Waals surface area (Å²) in [4.78, 5) is 2.39. The third-order valence-corrected chi connectivity index (χ3v) is 14.5. The molecule has 0 unspecified atom stereocenters. The molecule has 2 nitrogen and oxygen atoms in total. The first-order chi connectivity index (χ1) is 33.9. The van der Waals surface area contributed by atoms with Gasteiger partial charge in [0.15, 0.2) is 0 Å². The molecule has 13 rings (SSSR count). The molecular weight excluding hydrogens is 835 g/mol. The molecule has 2 heteroatoms. The van der Waals surface area contributed by atoms with E-state index in [4.69, 9.17) is 4.74 Å². The van der Waals surface area contributed by atoms with Crippen LogP contribution in [0.2, 0.25) is 0 Å². The highest BCUT2D eigenvalue weighted by Crippen LogP contribution is 2.53. The molecule has 1 heterocycles. The number of fused-ring (bicyclic) bond motifs is 9. The standard InChI is InChI=1S/C67H47NO/c1-67(2)63-23-12-11-20-58(63)59-39-37-55(43-64(59)67)68(53-33-28-47(29-34-53)44-14-5-3-6-15-44)54-35-30-48(31-36-54)46-24-26-49(27-25-46)56-21-13-22-60-61-40-52(45-16-7-4-8-17-45)32-38-57(61)62-41-50-18-9-10-19-51(50)42-65(62)69-66(56)60/h3-43H,1-2H3. The van der Waals surface area contributed by atoms with Crippen molar-refractivity contribution in [2.75, 3.05) is 4.90 Å². The Morgan fingerprint density at radius 3 is 1.45 bits per heavy atom. The SMILES string of the molecule is CC1(C)c2ccccc2-c2ccc(N(c3ccc(-c4ccccc4)cc3)c3ccc(-c4ccc(-c5cccc6c5Oc5cc7ccccc7cc5-c5ccc(-c7ccccc7)cc5-6)cc4)cc3)cc21. The van der Waals surface area contributed by atoms with E-state index in [1.165, 1.54) is 55.5 Å². The van der Waals surface area contributed by atoms with Crippen LogP contribution in [-0.4, -0.2) is 0 Å². The van der Waals surface area contributed by atoms with Crippen LogP contribution in [0.15, 0.2) is 249 Å². The molecule has 69 heavy (non-hydrogen) atoms. The van der Waals surface area contributed by atoms with E-state index in [2.05, 4.69) is 267 Å². The first-order valence-corrected chi connectivity index (χ1v) is 23.9. The first-order valence-electron chi connectivity index (χ1n) is 23.9. The zero-order valence-electron chi connectivity index (χ0n) is 38.5. The summed E-state index contributed by atoms with van der Waals surface area (Å²) < 4.78 is 7.12. The smallest absolute Gasteiger partial charge is 0.143 e. The topological polar surface area (TPSA) is 12.5 Å². The number of rotatable bonds is 7. The van der Waals surface area contributed by atoms with Crippen molar-refractivity contribution in [3.05, 3.63) is 260 Å². The van der Waals surface area contributed by atoms with Crippen LogP contribution >= 0.6 is 0 Å². The molecule has 326 valence electrons. The highest BCUT2D eigenvalue weighted by atomic mass is 16.5. The minimum Gasteiger partial charge on any atom is -0.455 e. The van der Waals surface area contributed by atoms with Gasteiger partial charge in [0.25, 0.3) is 0 Å². The lowest BCUT2D eigenvalue weighted by molar-refractivity contribution is 0.490. The van der Waals surface area contributed by atoms with Gasteiger partial charge in [-0.3, -0.25) is 0 Å². The Kier molecular flexibility index (Phi) is 9.55. The monoisotopic (exact) mass is 881 g/mol. The average Bonchev–Trinajstić information content (AvgIpc) is 3.54. The van der Waals surface area contributed by atoms with E-state index in [9.17, 15) is 0 Å². The Bertz CT molecular complexity index is 3740. The van der Waals surface area contributed by atoms with Crippen LogP contribution in [0.25, 0.3) is 88.7 Å². The second kappa shape index (κ2) is 16.3. The fourth-order valence-corrected chi connectivity index (χ4v) is 10.9. The molecule has 1 aliphatic carbocycles. The van der Waals surface area contributed by atoms with Crippen LogP contribution in [0.4, 0.5) is 17.1 Å². The van der Waals surface area contributed by atoms with Crippen molar-refractivity contribution < 1.29 is 4.74 Å². The van der Waals surface area contributed by atoms with Gasteiger partial charge >= 0.3 is 0 Å². The fraction of sp³-hybridized carbons (Fsp3) is 0.0448. The van der Waals surface area contributed by atoms with Gasteiger partial charge in [0.1, 0.15) is 11.5 Å². The van der Waals surface area contributed by atoms with Gasteiger partial charge in [0.05, 0.1) is 0 Å². The van der Waals surface area contributed by atoms with E-state index in [0.717, 1.165) is 72.9 Å². The molecule has 1 aliphatic heterocycles. The van der Waals surface area contributed by atoms with Crippen molar-refractivity contribution in [2.45, 2.75) is 19.3 Å². The van der Waals surface area contributed by atoms with Crippen LogP contribution in [0.1, 0.15) is 25.0 Å². The highest BCUT2D eigenvalue weighted by molar-refractivity contribution is 6.00. The normalized spacial score (nSPS) is 12.7. The molecule has 0 amide bonds. The molecule has 11 aromatic rings. The molecule has 0 spiro atoms. The first kappa shape index (κ1) is 40.5. The maximum atomic E-state index is 7.12. The minimum absolute atomic E-state index is 0.110. The molecule has 11 aromatic carbocycles. The van der Waals surface area contributed by atoms with Crippen molar-refractivity contribution in [3.63, 3.8) is 0 Å². The summed E-state index contributed by atoms with van der Waals surface area (Å²) in [5.41, 5.74) is 22.3. The molecule has 0 radical (unpaired) electrons. The Balaban J connectivity index is 0.863. The summed E-state index contributed by atoms with van der Waals surface area (Å²) in [6, 6.07) is 90.4. The van der Waals surface area contributed by atoms with Gasteiger partial charge in [-0.2, -0.15) is 0 Å². The molecule has 0 N–H and O–H groups in total. The zero-order valence-corrected chi connectivity index (χ0v) is 38.5. The summed E-state index contributed by atoms with van der Waals surface area (Å²) >= 11 is 0. The third kappa shape index (κ3) is 6.95. The Morgan fingerprint density at radius 1 is 0.290 bits per heavy atom. The lowest BCUT2D eigenvalue weighted by Crippen LogP contribution is -2.16. The number of para-hydroxylation sites is 1. The Labute approximate surface area is 404 Å². The fourth-order valence-electron chi connectivity index (χ4n) is 10.9. The maximum absolute atomic E-state index is 7.12. The van der Waals surface area contributed by atoms with Gasteiger partial charge < -0.3 is 9.64 Å². The number of anilines is 3. The second-order valence-electron chi connectivity index (χ2n) is 18.9. The molecule has 0 aromatic heterocycles. The van der Waals surface area contributed by atoms with Gasteiger partial charge in [-0.05, 0) is 138 Å². The molecule has 0 bridgehead atoms. The van der Waals surface area contributed by atoms with Crippen molar-refractivity contribution >= 4 is 27.8 Å². The molecule has 0 saturated heterocycles. The molecular formula is C67H47NO. The van der Waals surface area contributed by atoms with Gasteiger partial charge in [0, 0.05) is 39.2 Å². The van der Waals surface area contributed by atoms with Crippen molar-refractivity contribution in [1.29, 1.82) is 0 Å². The van der Waals surface area contributed by atoms with Crippen LogP contribution < -0.4 is 9.64 Å². The predicted octanol–water partition coefficient (Wildman–Crippen LogP) is 18.7. The molecule has 0 atom stereocenters. The summed E-state index contributed by atoms with van der Waals surface area (Å²) in [6.07, 6.45) is 0. The summed E-state index contributed by atoms with van der Waals surface area (Å²) in [7, 11) is 0. The third-order valence-electron chi connectivity index (χ3n) is 14.5. The van der Waals surface area contributed by atoms with Crippen molar-refractivity contribution in [2.24, 2.45) is 0 Å². The van der Waals surface area contributed by atoms with Gasteiger partial charge in [0.2, 0.25) is 0 Å². The Hall–Kier alpha value is -8.72.